The minimum atomic E-state index is -0.235. The summed E-state index contributed by atoms with van der Waals surface area (Å²) in [4.78, 5) is 4.57. The zero-order chi connectivity index (χ0) is 14.6. The largest absolute Gasteiger partial charge is 0.326 e. The average Bonchev–Trinajstić information content (AvgIpc) is 3.12. The Bertz CT molecular complexity index is 679. The second-order valence-electron chi connectivity index (χ2n) is 6.76. The van der Waals surface area contributed by atoms with E-state index in [1.54, 1.807) is 0 Å². The first-order valence-corrected chi connectivity index (χ1v) is 8.35. The molecule has 4 heteroatoms. The van der Waals surface area contributed by atoms with Gasteiger partial charge in [-0.05, 0) is 56.1 Å². The summed E-state index contributed by atoms with van der Waals surface area (Å²) in [6.45, 7) is 2.92. The minimum Gasteiger partial charge on any atom is -0.326 e. The maximum atomic E-state index is 13.4. The third-order valence-corrected chi connectivity index (χ3v) is 5.59. The molecule has 112 valence electrons. The summed E-state index contributed by atoms with van der Waals surface area (Å²) in [5, 5.41) is -0.154. The lowest BCUT2D eigenvalue weighted by Gasteiger charge is -2.23. The summed E-state index contributed by atoms with van der Waals surface area (Å²) in [5.41, 5.74) is 1.74. The molecule has 2 aliphatic carbocycles. The zero-order valence-electron chi connectivity index (χ0n) is 12.2. The monoisotopic (exact) mass is 306 g/mol. The lowest BCUT2D eigenvalue weighted by atomic mass is 9.88. The summed E-state index contributed by atoms with van der Waals surface area (Å²) in [6.07, 6.45) is 5.53. The number of rotatable bonds is 3. The van der Waals surface area contributed by atoms with Crippen LogP contribution in [0.25, 0.3) is 11.0 Å². The van der Waals surface area contributed by atoms with E-state index >= 15 is 0 Å². The molecule has 0 saturated heterocycles. The summed E-state index contributed by atoms with van der Waals surface area (Å²) in [7, 11) is 0. The SMILES string of the molecule is CC(Cl)c1nc2cc(F)ccc2n1CC1CC2CCC1C2. The molecule has 1 aromatic heterocycles. The maximum Gasteiger partial charge on any atom is 0.127 e. The number of nitrogens with zero attached hydrogens (tertiary/aromatic N) is 2. The van der Waals surface area contributed by atoms with Crippen molar-refractivity contribution in [2.24, 2.45) is 17.8 Å². The third-order valence-electron chi connectivity index (χ3n) is 5.40. The quantitative estimate of drug-likeness (QED) is 0.737. The van der Waals surface area contributed by atoms with E-state index in [1.807, 2.05) is 13.0 Å². The highest BCUT2D eigenvalue weighted by Gasteiger charge is 2.39. The fourth-order valence-corrected chi connectivity index (χ4v) is 4.62. The molecule has 0 aliphatic heterocycles. The van der Waals surface area contributed by atoms with Crippen LogP contribution in [-0.4, -0.2) is 9.55 Å². The molecule has 2 fully saturated rings. The third kappa shape index (κ3) is 2.26. The van der Waals surface area contributed by atoms with Crippen LogP contribution < -0.4 is 0 Å². The zero-order valence-corrected chi connectivity index (χ0v) is 13.0. The molecule has 4 rings (SSSR count). The molecule has 0 spiro atoms. The van der Waals surface area contributed by atoms with Gasteiger partial charge in [0.2, 0.25) is 0 Å². The second kappa shape index (κ2) is 4.98. The molecule has 0 amide bonds. The van der Waals surface area contributed by atoms with Crippen molar-refractivity contribution in [3.8, 4) is 0 Å². The number of imidazole rings is 1. The van der Waals surface area contributed by atoms with E-state index in [2.05, 4.69) is 9.55 Å². The molecule has 1 aromatic carbocycles. The van der Waals surface area contributed by atoms with E-state index in [-0.39, 0.29) is 11.2 Å². The Morgan fingerprint density at radius 2 is 2.24 bits per heavy atom. The van der Waals surface area contributed by atoms with E-state index in [4.69, 9.17) is 11.6 Å². The molecular formula is C17H20ClFN2. The normalized spacial score (nSPS) is 29.4. The number of benzene rings is 1. The number of fused-ring (bicyclic) bond motifs is 3. The van der Waals surface area contributed by atoms with E-state index < -0.39 is 0 Å². The lowest BCUT2D eigenvalue weighted by Crippen LogP contribution is -2.19. The Kier molecular flexibility index (Phi) is 3.21. The van der Waals surface area contributed by atoms with Crippen LogP contribution in [0.2, 0.25) is 0 Å². The van der Waals surface area contributed by atoms with Gasteiger partial charge in [-0.15, -0.1) is 11.6 Å². The van der Waals surface area contributed by atoms with Gasteiger partial charge in [0.25, 0.3) is 0 Å². The predicted molar refractivity (Wildman–Crippen MR) is 82.9 cm³/mol. The molecule has 0 N–H and O–H groups in total. The first kappa shape index (κ1) is 13.6. The number of hydrogen-bond donors (Lipinski definition) is 0. The van der Waals surface area contributed by atoms with Gasteiger partial charge in [0.15, 0.2) is 0 Å². The van der Waals surface area contributed by atoms with Crippen molar-refractivity contribution in [3.05, 3.63) is 29.8 Å². The van der Waals surface area contributed by atoms with Crippen LogP contribution in [0, 0.1) is 23.6 Å². The highest BCUT2D eigenvalue weighted by atomic mass is 35.5. The van der Waals surface area contributed by atoms with Crippen LogP contribution in [-0.2, 0) is 6.54 Å². The van der Waals surface area contributed by atoms with Crippen molar-refractivity contribution in [1.82, 2.24) is 9.55 Å². The van der Waals surface area contributed by atoms with Crippen LogP contribution in [0.4, 0.5) is 4.39 Å². The van der Waals surface area contributed by atoms with E-state index in [0.29, 0.717) is 0 Å². The van der Waals surface area contributed by atoms with Crippen molar-refractivity contribution < 1.29 is 4.39 Å². The Morgan fingerprint density at radius 1 is 1.38 bits per heavy atom. The number of halogens is 2. The fraction of sp³-hybridized carbons (Fsp3) is 0.588. The summed E-state index contributed by atoms with van der Waals surface area (Å²) in [6, 6.07) is 4.87. The van der Waals surface area contributed by atoms with Gasteiger partial charge in [-0.25, -0.2) is 9.37 Å². The average molecular weight is 307 g/mol. The van der Waals surface area contributed by atoms with Gasteiger partial charge in [0, 0.05) is 12.6 Å². The van der Waals surface area contributed by atoms with Crippen LogP contribution in [0.1, 0.15) is 43.8 Å². The molecule has 4 unspecified atom stereocenters. The second-order valence-corrected chi connectivity index (χ2v) is 7.42. The fourth-order valence-electron chi connectivity index (χ4n) is 4.45. The molecule has 2 aromatic rings. The molecule has 2 bridgehead atoms. The van der Waals surface area contributed by atoms with Crippen LogP contribution in [0.3, 0.4) is 0 Å². The minimum absolute atomic E-state index is 0.154. The molecule has 4 atom stereocenters. The maximum absolute atomic E-state index is 13.4. The first-order valence-electron chi connectivity index (χ1n) is 7.91. The Hall–Kier alpha value is -1.09. The molecule has 2 nitrogen and oxygen atoms in total. The molecule has 2 aliphatic rings. The number of hydrogen-bond acceptors (Lipinski definition) is 1. The highest BCUT2D eigenvalue weighted by molar-refractivity contribution is 6.20. The number of alkyl halides is 1. The summed E-state index contributed by atoms with van der Waals surface area (Å²) >= 11 is 6.31. The smallest absolute Gasteiger partial charge is 0.127 e. The number of aromatic nitrogens is 2. The van der Waals surface area contributed by atoms with E-state index in [9.17, 15) is 4.39 Å². The van der Waals surface area contributed by atoms with Gasteiger partial charge in [-0.3, -0.25) is 0 Å². The van der Waals surface area contributed by atoms with Crippen LogP contribution in [0.5, 0.6) is 0 Å². The topological polar surface area (TPSA) is 17.8 Å². The van der Waals surface area contributed by atoms with E-state index in [1.165, 1.54) is 37.8 Å². The highest BCUT2D eigenvalue weighted by Crippen LogP contribution is 2.49. The van der Waals surface area contributed by atoms with Crippen LogP contribution >= 0.6 is 11.6 Å². The van der Waals surface area contributed by atoms with Gasteiger partial charge in [-0.1, -0.05) is 6.42 Å². The Morgan fingerprint density at radius 3 is 2.90 bits per heavy atom. The van der Waals surface area contributed by atoms with E-state index in [0.717, 1.165) is 41.2 Å². The standard InChI is InChI=1S/C17H20ClFN2/c1-10(18)17-20-15-8-14(19)4-5-16(15)21(17)9-13-7-11-2-3-12(13)6-11/h4-5,8,10-13H,2-3,6-7,9H2,1H3. The van der Waals surface area contributed by atoms with Crippen molar-refractivity contribution in [3.63, 3.8) is 0 Å². The van der Waals surface area contributed by atoms with Crippen molar-refractivity contribution >= 4 is 22.6 Å². The van der Waals surface area contributed by atoms with Crippen molar-refractivity contribution in [2.45, 2.75) is 44.5 Å². The lowest BCUT2D eigenvalue weighted by molar-refractivity contribution is 0.295. The van der Waals surface area contributed by atoms with Gasteiger partial charge in [0.1, 0.15) is 11.6 Å². The van der Waals surface area contributed by atoms with Gasteiger partial charge in [0.05, 0.1) is 16.4 Å². The molecule has 2 saturated carbocycles. The Balaban J connectivity index is 1.73. The van der Waals surface area contributed by atoms with Crippen molar-refractivity contribution in [2.75, 3.05) is 0 Å². The molecule has 21 heavy (non-hydrogen) atoms. The predicted octanol–water partition coefficient (Wildman–Crippen LogP) is 4.91. The Labute approximate surface area is 129 Å². The molecule has 0 radical (unpaired) electrons. The van der Waals surface area contributed by atoms with Gasteiger partial charge >= 0.3 is 0 Å². The molecule has 1 heterocycles. The molecular weight excluding hydrogens is 287 g/mol. The summed E-state index contributed by atoms with van der Waals surface area (Å²) in [5.74, 6) is 3.18. The van der Waals surface area contributed by atoms with Crippen molar-refractivity contribution in [1.29, 1.82) is 0 Å². The van der Waals surface area contributed by atoms with Gasteiger partial charge < -0.3 is 4.57 Å². The first-order chi connectivity index (χ1) is 10.1. The van der Waals surface area contributed by atoms with Gasteiger partial charge in [-0.2, -0.15) is 0 Å². The van der Waals surface area contributed by atoms with Crippen LogP contribution in [0.15, 0.2) is 18.2 Å². The summed E-state index contributed by atoms with van der Waals surface area (Å²) < 4.78 is 15.7.